The largest absolute Gasteiger partial charge is 0.465 e. The number of carbonyl (C=O) groups is 1. The lowest BCUT2D eigenvalue weighted by Crippen LogP contribution is -2.17. The second kappa shape index (κ2) is 6.09. The number of esters is 1. The summed E-state index contributed by atoms with van der Waals surface area (Å²) in [5.74, 6) is 0.429. The van der Waals surface area contributed by atoms with Crippen LogP contribution in [0, 0.1) is 0 Å². The molecule has 0 aliphatic heterocycles. The second-order valence-corrected chi connectivity index (χ2v) is 5.57. The molecule has 1 aliphatic rings. The highest BCUT2D eigenvalue weighted by Gasteiger charge is 2.24. The molecule has 1 aromatic heterocycles. The van der Waals surface area contributed by atoms with E-state index in [1.165, 1.54) is 13.5 Å². The van der Waals surface area contributed by atoms with E-state index in [9.17, 15) is 4.79 Å². The SMILES string of the molecule is COC(=O)c1ccnc(NC2CCC(SC)C2)c1. The zero-order chi connectivity index (χ0) is 13.0. The van der Waals surface area contributed by atoms with Crippen molar-refractivity contribution in [3.8, 4) is 0 Å². The second-order valence-electron chi connectivity index (χ2n) is 4.43. The summed E-state index contributed by atoms with van der Waals surface area (Å²) in [6.07, 6.45) is 7.36. The number of thioether (sulfide) groups is 1. The third-order valence-electron chi connectivity index (χ3n) is 3.25. The Hall–Kier alpha value is -1.23. The smallest absolute Gasteiger partial charge is 0.338 e. The minimum atomic E-state index is -0.325. The van der Waals surface area contributed by atoms with E-state index in [0.717, 1.165) is 23.9 Å². The summed E-state index contributed by atoms with van der Waals surface area (Å²) in [5, 5.41) is 4.13. The van der Waals surface area contributed by atoms with Gasteiger partial charge in [-0.25, -0.2) is 9.78 Å². The molecule has 5 heteroatoms. The van der Waals surface area contributed by atoms with Gasteiger partial charge in [0.1, 0.15) is 5.82 Å². The highest BCUT2D eigenvalue weighted by molar-refractivity contribution is 7.99. The normalized spacial score (nSPS) is 22.8. The van der Waals surface area contributed by atoms with Crippen molar-refractivity contribution < 1.29 is 9.53 Å². The van der Waals surface area contributed by atoms with Crippen molar-refractivity contribution in [2.75, 3.05) is 18.7 Å². The minimum absolute atomic E-state index is 0.325. The first kappa shape index (κ1) is 13.2. The fourth-order valence-electron chi connectivity index (χ4n) is 2.25. The molecule has 0 aromatic carbocycles. The first-order chi connectivity index (χ1) is 8.72. The molecule has 2 rings (SSSR count). The van der Waals surface area contributed by atoms with Gasteiger partial charge in [0.2, 0.25) is 0 Å². The van der Waals surface area contributed by atoms with Crippen molar-refractivity contribution >= 4 is 23.5 Å². The number of ether oxygens (including phenoxy) is 1. The number of pyridine rings is 1. The lowest BCUT2D eigenvalue weighted by molar-refractivity contribution is 0.0600. The van der Waals surface area contributed by atoms with Crippen molar-refractivity contribution in [1.82, 2.24) is 4.98 Å². The topological polar surface area (TPSA) is 51.2 Å². The van der Waals surface area contributed by atoms with Crippen LogP contribution in [-0.2, 0) is 4.74 Å². The number of nitrogens with one attached hydrogen (secondary N) is 1. The van der Waals surface area contributed by atoms with E-state index in [0.29, 0.717) is 11.6 Å². The molecule has 0 bridgehead atoms. The van der Waals surface area contributed by atoms with E-state index in [-0.39, 0.29) is 5.97 Å². The first-order valence-corrected chi connectivity index (χ1v) is 7.35. The maximum atomic E-state index is 11.4. The Balaban J connectivity index is 1.99. The Kier molecular flexibility index (Phi) is 4.47. The van der Waals surface area contributed by atoms with Crippen molar-refractivity contribution in [3.63, 3.8) is 0 Å². The number of aromatic nitrogens is 1. The fourth-order valence-corrected chi connectivity index (χ4v) is 3.05. The van der Waals surface area contributed by atoms with Gasteiger partial charge >= 0.3 is 5.97 Å². The number of carbonyl (C=O) groups excluding carboxylic acids is 1. The Bertz CT molecular complexity index is 425. The maximum absolute atomic E-state index is 11.4. The van der Waals surface area contributed by atoms with Gasteiger partial charge in [0.25, 0.3) is 0 Å². The summed E-state index contributed by atoms with van der Waals surface area (Å²) >= 11 is 1.92. The summed E-state index contributed by atoms with van der Waals surface area (Å²) in [6, 6.07) is 3.87. The minimum Gasteiger partial charge on any atom is -0.465 e. The molecule has 2 unspecified atom stereocenters. The number of hydrogen-bond acceptors (Lipinski definition) is 5. The third-order valence-corrected chi connectivity index (χ3v) is 4.35. The highest BCUT2D eigenvalue weighted by Crippen LogP contribution is 2.29. The average Bonchev–Trinajstić information content (AvgIpc) is 2.86. The molecular weight excluding hydrogens is 248 g/mol. The molecule has 98 valence electrons. The Morgan fingerprint density at radius 3 is 3.06 bits per heavy atom. The van der Waals surface area contributed by atoms with Gasteiger partial charge < -0.3 is 10.1 Å². The van der Waals surface area contributed by atoms with Gasteiger partial charge in [-0.15, -0.1) is 0 Å². The van der Waals surface area contributed by atoms with Gasteiger partial charge in [0.05, 0.1) is 12.7 Å². The third kappa shape index (κ3) is 3.16. The molecule has 0 saturated heterocycles. The van der Waals surface area contributed by atoms with Gasteiger partial charge in [-0.1, -0.05) is 0 Å². The lowest BCUT2D eigenvalue weighted by atomic mass is 10.2. The lowest BCUT2D eigenvalue weighted by Gasteiger charge is -2.13. The molecule has 1 heterocycles. The molecule has 1 fully saturated rings. The first-order valence-electron chi connectivity index (χ1n) is 6.06. The van der Waals surface area contributed by atoms with Crippen LogP contribution in [0.15, 0.2) is 18.3 Å². The molecule has 4 nitrogen and oxygen atoms in total. The van der Waals surface area contributed by atoms with Crippen LogP contribution in [0.1, 0.15) is 29.6 Å². The summed E-state index contributed by atoms with van der Waals surface area (Å²) < 4.78 is 4.70. The monoisotopic (exact) mass is 266 g/mol. The van der Waals surface area contributed by atoms with Crippen molar-refractivity contribution in [2.24, 2.45) is 0 Å². The van der Waals surface area contributed by atoms with E-state index in [1.807, 2.05) is 11.8 Å². The number of nitrogens with zero attached hydrogens (tertiary/aromatic N) is 1. The van der Waals surface area contributed by atoms with Crippen LogP contribution < -0.4 is 5.32 Å². The highest BCUT2D eigenvalue weighted by atomic mass is 32.2. The van der Waals surface area contributed by atoms with E-state index >= 15 is 0 Å². The molecule has 0 radical (unpaired) electrons. The zero-order valence-electron chi connectivity index (χ0n) is 10.7. The van der Waals surface area contributed by atoms with Crippen LogP contribution in [0.2, 0.25) is 0 Å². The van der Waals surface area contributed by atoms with Crippen LogP contribution in [0.4, 0.5) is 5.82 Å². The molecule has 18 heavy (non-hydrogen) atoms. The van der Waals surface area contributed by atoms with Crippen molar-refractivity contribution in [3.05, 3.63) is 23.9 Å². The predicted molar refractivity (Wildman–Crippen MR) is 74.1 cm³/mol. The van der Waals surface area contributed by atoms with Gasteiger partial charge in [-0.05, 0) is 37.7 Å². The summed E-state index contributed by atoms with van der Waals surface area (Å²) in [4.78, 5) is 15.7. The van der Waals surface area contributed by atoms with Crippen molar-refractivity contribution in [2.45, 2.75) is 30.6 Å². The van der Waals surface area contributed by atoms with Crippen LogP contribution in [0.5, 0.6) is 0 Å². The Labute approximate surface area is 112 Å². The predicted octanol–water partition coefficient (Wildman–Crippen LogP) is 2.56. The van der Waals surface area contributed by atoms with Gasteiger partial charge in [-0.3, -0.25) is 0 Å². The van der Waals surface area contributed by atoms with Gasteiger partial charge in [-0.2, -0.15) is 11.8 Å². The van der Waals surface area contributed by atoms with E-state index in [2.05, 4.69) is 16.6 Å². The molecule has 0 spiro atoms. The molecule has 1 aliphatic carbocycles. The molecule has 0 amide bonds. The number of hydrogen-bond donors (Lipinski definition) is 1. The summed E-state index contributed by atoms with van der Waals surface area (Å²) in [6.45, 7) is 0. The van der Waals surface area contributed by atoms with Gasteiger partial charge in [0.15, 0.2) is 0 Å². The molecule has 1 saturated carbocycles. The van der Waals surface area contributed by atoms with Crippen LogP contribution in [0.25, 0.3) is 0 Å². The van der Waals surface area contributed by atoms with Crippen LogP contribution in [0.3, 0.4) is 0 Å². The molecule has 2 atom stereocenters. The van der Waals surface area contributed by atoms with Crippen molar-refractivity contribution in [1.29, 1.82) is 0 Å². The Morgan fingerprint density at radius 1 is 1.56 bits per heavy atom. The number of methoxy groups -OCH3 is 1. The molecule has 1 N–H and O–H groups in total. The molecular formula is C13H18N2O2S. The summed E-state index contributed by atoms with van der Waals surface area (Å²) in [5.41, 5.74) is 0.536. The van der Waals surface area contributed by atoms with E-state index < -0.39 is 0 Å². The summed E-state index contributed by atoms with van der Waals surface area (Å²) in [7, 11) is 1.38. The van der Waals surface area contributed by atoms with Gasteiger partial charge in [0, 0.05) is 17.5 Å². The van der Waals surface area contributed by atoms with E-state index in [4.69, 9.17) is 4.74 Å². The fraction of sp³-hybridized carbons (Fsp3) is 0.538. The number of rotatable bonds is 4. The molecule has 1 aromatic rings. The zero-order valence-corrected chi connectivity index (χ0v) is 11.5. The quantitative estimate of drug-likeness (QED) is 0.849. The van der Waals surface area contributed by atoms with Crippen LogP contribution in [-0.4, -0.2) is 35.6 Å². The average molecular weight is 266 g/mol. The van der Waals surface area contributed by atoms with E-state index in [1.54, 1.807) is 18.3 Å². The number of anilines is 1. The Morgan fingerprint density at radius 2 is 2.39 bits per heavy atom. The maximum Gasteiger partial charge on any atom is 0.338 e. The standard InChI is InChI=1S/C13H18N2O2S/c1-17-13(16)9-5-6-14-12(7-9)15-10-3-4-11(8-10)18-2/h5-7,10-11H,3-4,8H2,1-2H3,(H,14,15). The van der Waals surface area contributed by atoms with Crippen LogP contribution >= 0.6 is 11.8 Å².